The maximum absolute atomic E-state index is 5.85. The largest absolute Gasteiger partial charge is 0.481 e. The molecule has 20 heavy (non-hydrogen) atoms. The van der Waals surface area contributed by atoms with Crippen LogP contribution in [-0.4, -0.2) is 29.7 Å². The Kier molecular flexibility index (Phi) is 4.90. The van der Waals surface area contributed by atoms with E-state index in [2.05, 4.69) is 27.4 Å². The number of rotatable bonds is 6. The minimum Gasteiger partial charge on any atom is -0.481 e. The van der Waals surface area contributed by atoms with Gasteiger partial charge in [-0.2, -0.15) is 0 Å². The van der Waals surface area contributed by atoms with Gasteiger partial charge in [-0.05, 0) is 18.9 Å². The van der Waals surface area contributed by atoms with E-state index >= 15 is 0 Å². The van der Waals surface area contributed by atoms with E-state index in [0.717, 1.165) is 17.8 Å². The number of methoxy groups -OCH3 is 1. The first-order valence-corrected chi connectivity index (χ1v) is 6.60. The molecule has 2 rings (SSSR count). The minimum absolute atomic E-state index is 0.121. The minimum atomic E-state index is 0.121. The number of hydrogen-bond donors (Lipinski definition) is 2. The van der Waals surface area contributed by atoms with E-state index in [0.29, 0.717) is 12.4 Å². The van der Waals surface area contributed by atoms with Gasteiger partial charge in [0.1, 0.15) is 12.1 Å². The van der Waals surface area contributed by atoms with Crippen LogP contribution in [0.3, 0.4) is 0 Å². The lowest BCUT2D eigenvalue weighted by atomic mass is 10.1. The molecule has 0 radical (unpaired) electrons. The lowest BCUT2D eigenvalue weighted by Gasteiger charge is -2.19. The Morgan fingerprint density at radius 3 is 2.65 bits per heavy atom. The topological polar surface area (TPSA) is 73.1 Å². The summed E-state index contributed by atoms with van der Waals surface area (Å²) in [6.45, 7) is 2.46. The predicted octanol–water partition coefficient (Wildman–Crippen LogP) is 1.78. The van der Waals surface area contributed by atoms with Gasteiger partial charge in [0.2, 0.25) is 5.88 Å². The fourth-order valence-corrected chi connectivity index (χ4v) is 2.07. The average molecular weight is 272 g/mol. The molecule has 0 aliphatic carbocycles. The maximum Gasteiger partial charge on any atom is 0.221 e. The van der Waals surface area contributed by atoms with Crippen LogP contribution in [0.2, 0.25) is 0 Å². The zero-order valence-corrected chi connectivity index (χ0v) is 11.8. The third kappa shape index (κ3) is 3.45. The van der Waals surface area contributed by atoms with E-state index in [1.165, 1.54) is 11.9 Å². The summed E-state index contributed by atoms with van der Waals surface area (Å²) in [7, 11) is 1.60. The Balaban J connectivity index is 2.10. The zero-order valence-electron chi connectivity index (χ0n) is 11.8. The van der Waals surface area contributed by atoms with Crippen molar-refractivity contribution in [3.63, 3.8) is 0 Å². The van der Waals surface area contributed by atoms with Crippen molar-refractivity contribution in [3.05, 3.63) is 47.8 Å². The number of ether oxygens (including phenoxy) is 1. The number of benzene rings is 1. The molecule has 0 saturated heterocycles. The second-order valence-corrected chi connectivity index (χ2v) is 4.62. The van der Waals surface area contributed by atoms with E-state index in [-0.39, 0.29) is 6.04 Å². The highest BCUT2D eigenvalue weighted by atomic mass is 16.5. The van der Waals surface area contributed by atoms with Gasteiger partial charge in [-0.1, -0.05) is 30.3 Å². The second-order valence-electron chi connectivity index (χ2n) is 4.62. The van der Waals surface area contributed by atoms with Crippen LogP contribution >= 0.6 is 0 Å². The first kappa shape index (κ1) is 14.3. The molecule has 5 heteroatoms. The lowest BCUT2D eigenvalue weighted by Crippen LogP contribution is -2.31. The zero-order chi connectivity index (χ0) is 14.4. The summed E-state index contributed by atoms with van der Waals surface area (Å²) in [5, 5.41) is 3.36. The summed E-state index contributed by atoms with van der Waals surface area (Å²) in [6.07, 6.45) is 2.34. The quantitative estimate of drug-likeness (QED) is 0.838. The molecule has 0 spiro atoms. The molecule has 3 N–H and O–H groups in total. The fourth-order valence-electron chi connectivity index (χ4n) is 2.07. The molecule has 0 saturated carbocycles. The van der Waals surface area contributed by atoms with Crippen molar-refractivity contribution in [2.75, 3.05) is 19.0 Å². The third-order valence-electron chi connectivity index (χ3n) is 3.18. The van der Waals surface area contributed by atoms with Gasteiger partial charge in [-0.15, -0.1) is 0 Å². The Labute approximate surface area is 119 Å². The monoisotopic (exact) mass is 272 g/mol. The van der Waals surface area contributed by atoms with Crippen LogP contribution in [-0.2, 0) is 6.42 Å². The molecule has 0 bridgehead atoms. The predicted molar refractivity (Wildman–Crippen MR) is 79.9 cm³/mol. The first-order chi connectivity index (χ1) is 9.74. The van der Waals surface area contributed by atoms with Crippen LogP contribution in [0.1, 0.15) is 11.1 Å². The van der Waals surface area contributed by atoms with Crippen LogP contribution in [0, 0.1) is 6.92 Å². The molecular weight excluding hydrogens is 252 g/mol. The number of nitrogens with zero attached hydrogens (tertiary/aromatic N) is 2. The number of hydrogen-bond acceptors (Lipinski definition) is 5. The highest BCUT2D eigenvalue weighted by molar-refractivity contribution is 5.48. The Hall–Kier alpha value is -2.14. The Morgan fingerprint density at radius 1 is 1.25 bits per heavy atom. The summed E-state index contributed by atoms with van der Waals surface area (Å²) in [5.41, 5.74) is 7.99. The van der Waals surface area contributed by atoms with Crippen molar-refractivity contribution in [2.45, 2.75) is 19.4 Å². The number of nitrogens with one attached hydrogen (secondary N) is 1. The van der Waals surface area contributed by atoms with E-state index in [4.69, 9.17) is 10.5 Å². The molecular formula is C15H20N4O. The second kappa shape index (κ2) is 6.86. The smallest absolute Gasteiger partial charge is 0.221 e. The molecule has 1 atom stereocenters. The van der Waals surface area contributed by atoms with Gasteiger partial charge in [0.05, 0.1) is 12.7 Å². The van der Waals surface area contributed by atoms with Gasteiger partial charge < -0.3 is 15.8 Å². The van der Waals surface area contributed by atoms with Crippen LogP contribution in [0.15, 0.2) is 36.7 Å². The van der Waals surface area contributed by atoms with Crippen LogP contribution in [0.5, 0.6) is 5.88 Å². The molecule has 1 aromatic carbocycles. The van der Waals surface area contributed by atoms with Gasteiger partial charge in [0, 0.05) is 12.6 Å². The summed E-state index contributed by atoms with van der Waals surface area (Å²) in [5.74, 6) is 1.35. The molecule has 5 nitrogen and oxygen atoms in total. The molecule has 0 amide bonds. The highest BCUT2D eigenvalue weighted by Gasteiger charge is 2.12. The van der Waals surface area contributed by atoms with E-state index < -0.39 is 0 Å². The SMILES string of the molecule is COc1ncnc(NC(CN)Cc2ccccc2)c1C. The van der Waals surface area contributed by atoms with E-state index in [9.17, 15) is 0 Å². The first-order valence-electron chi connectivity index (χ1n) is 6.60. The number of aromatic nitrogens is 2. The number of anilines is 1. The van der Waals surface area contributed by atoms with Gasteiger partial charge in [0.15, 0.2) is 0 Å². The van der Waals surface area contributed by atoms with Crippen molar-refractivity contribution in [1.82, 2.24) is 9.97 Å². The molecule has 1 heterocycles. The molecule has 1 unspecified atom stereocenters. The van der Waals surface area contributed by atoms with Crippen molar-refractivity contribution in [1.29, 1.82) is 0 Å². The number of nitrogens with two attached hydrogens (primary N) is 1. The van der Waals surface area contributed by atoms with E-state index in [1.54, 1.807) is 7.11 Å². The summed E-state index contributed by atoms with van der Waals surface area (Å²) in [6, 6.07) is 10.4. The lowest BCUT2D eigenvalue weighted by molar-refractivity contribution is 0.393. The Bertz CT molecular complexity index is 545. The molecule has 1 aromatic heterocycles. The summed E-state index contributed by atoms with van der Waals surface area (Å²) in [4.78, 5) is 8.33. The third-order valence-corrected chi connectivity index (χ3v) is 3.18. The van der Waals surface area contributed by atoms with Crippen LogP contribution in [0.4, 0.5) is 5.82 Å². The van der Waals surface area contributed by atoms with Gasteiger partial charge in [-0.3, -0.25) is 0 Å². The molecule has 0 aliphatic heterocycles. The van der Waals surface area contributed by atoms with Crippen molar-refractivity contribution < 1.29 is 4.74 Å². The molecule has 0 aliphatic rings. The van der Waals surface area contributed by atoms with Crippen molar-refractivity contribution in [2.24, 2.45) is 5.73 Å². The molecule has 0 fully saturated rings. The fraction of sp³-hybridized carbons (Fsp3) is 0.333. The normalized spacial score (nSPS) is 11.9. The maximum atomic E-state index is 5.85. The highest BCUT2D eigenvalue weighted by Crippen LogP contribution is 2.20. The van der Waals surface area contributed by atoms with Gasteiger partial charge in [-0.25, -0.2) is 9.97 Å². The van der Waals surface area contributed by atoms with Gasteiger partial charge in [0.25, 0.3) is 0 Å². The van der Waals surface area contributed by atoms with Crippen molar-refractivity contribution >= 4 is 5.82 Å². The van der Waals surface area contributed by atoms with Crippen LogP contribution in [0.25, 0.3) is 0 Å². The standard InChI is InChI=1S/C15H20N4O/c1-11-14(17-10-18-15(11)20-2)19-13(9-16)8-12-6-4-3-5-7-12/h3-7,10,13H,8-9,16H2,1-2H3,(H,17,18,19). The average Bonchev–Trinajstić information content (AvgIpc) is 2.49. The van der Waals surface area contributed by atoms with Gasteiger partial charge >= 0.3 is 0 Å². The van der Waals surface area contributed by atoms with Crippen molar-refractivity contribution in [3.8, 4) is 5.88 Å². The molecule has 106 valence electrons. The Morgan fingerprint density at radius 2 is 2.00 bits per heavy atom. The summed E-state index contributed by atoms with van der Waals surface area (Å²) < 4.78 is 5.20. The molecule has 2 aromatic rings. The van der Waals surface area contributed by atoms with E-state index in [1.807, 2.05) is 25.1 Å². The van der Waals surface area contributed by atoms with Crippen LogP contribution < -0.4 is 15.8 Å². The summed E-state index contributed by atoms with van der Waals surface area (Å²) >= 11 is 0.